The van der Waals surface area contributed by atoms with E-state index < -0.39 is 22.2 Å². The molecule has 122 valence electrons. The number of nitrogens with zero attached hydrogens (tertiary/aromatic N) is 1. The summed E-state index contributed by atoms with van der Waals surface area (Å²) < 4.78 is 28.2. The van der Waals surface area contributed by atoms with Gasteiger partial charge in [0.2, 0.25) is 10.0 Å². The molecule has 7 heteroatoms. The number of pyridine rings is 1. The lowest BCUT2D eigenvalue weighted by Gasteiger charge is -2.18. The number of benzene rings is 1. The molecule has 5 nitrogen and oxygen atoms in total. The molecule has 23 heavy (non-hydrogen) atoms. The third kappa shape index (κ3) is 3.40. The van der Waals surface area contributed by atoms with Crippen molar-refractivity contribution in [1.82, 2.24) is 9.71 Å². The standard InChI is InChI=1S/C16H17ClN2O3S/c17-12-5-1-8-15(16(12)11-4-3-9-18-10-11)23(21,22)19-13-6-2-7-14(13)20/h1,3-5,8-10,13-14,19-20H,2,6-7H2/t13-,14+/m0/s1. The maximum atomic E-state index is 12.8. The molecule has 1 aliphatic carbocycles. The molecule has 0 radical (unpaired) electrons. The van der Waals surface area contributed by atoms with Crippen LogP contribution in [0.25, 0.3) is 11.1 Å². The lowest BCUT2D eigenvalue weighted by molar-refractivity contribution is 0.159. The minimum atomic E-state index is -3.80. The third-order valence-electron chi connectivity index (χ3n) is 4.00. The fourth-order valence-electron chi connectivity index (χ4n) is 2.86. The molecule has 1 aliphatic rings. The summed E-state index contributed by atoms with van der Waals surface area (Å²) in [5, 5.41) is 10.2. The second-order valence-corrected chi connectivity index (χ2v) is 7.67. The summed E-state index contributed by atoms with van der Waals surface area (Å²) in [6.45, 7) is 0. The molecule has 1 aromatic heterocycles. The van der Waals surface area contributed by atoms with E-state index in [4.69, 9.17) is 11.6 Å². The van der Waals surface area contributed by atoms with Crippen molar-refractivity contribution in [3.8, 4) is 11.1 Å². The molecule has 2 atom stereocenters. The molecule has 1 aromatic carbocycles. The third-order valence-corrected chi connectivity index (χ3v) is 5.85. The Morgan fingerprint density at radius 3 is 2.70 bits per heavy atom. The number of aliphatic hydroxyl groups excluding tert-OH is 1. The van der Waals surface area contributed by atoms with Crippen molar-refractivity contribution < 1.29 is 13.5 Å². The van der Waals surface area contributed by atoms with Crippen molar-refractivity contribution in [3.63, 3.8) is 0 Å². The number of aromatic nitrogens is 1. The zero-order valence-electron chi connectivity index (χ0n) is 12.3. The number of hydrogen-bond donors (Lipinski definition) is 2. The van der Waals surface area contributed by atoms with E-state index >= 15 is 0 Å². The number of hydrogen-bond acceptors (Lipinski definition) is 4. The van der Waals surface area contributed by atoms with E-state index in [1.807, 2.05) is 0 Å². The van der Waals surface area contributed by atoms with Crippen LogP contribution < -0.4 is 4.72 Å². The van der Waals surface area contributed by atoms with E-state index in [2.05, 4.69) is 9.71 Å². The van der Waals surface area contributed by atoms with Gasteiger partial charge in [-0.3, -0.25) is 4.98 Å². The van der Waals surface area contributed by atoms with Crippen LogP contribution in [0, 0.1) is 0 Å². The van der Waals surface area contributed by atoms with Crippen molar-refractivity contribution in [1.29, 1.82) is 0 Å². The van der Waals surface area contributed by atoms with Crippen LogP contribution in [-0.4, -0.2) is 30.7 Å². The molecule has 1 fully saturated rings. The van der Waals surface area contributed by atoms with Gasteiger partial charge >= 0.3 is 0 Å². The molecule has 3 rings (SSSR count). The molecular formula is C16H17ClN2O3S. The molecule has 1 saturated carbocycles. The van der Waals surface area contributed by atoms with Crippen LogP contribution in [0.5, 0.6) is 0 Å². The van der Waals surface area contributed by atoms with Crippen LogP contribution in [0.15, 0.2) is 47.6 Å². The van der Waals surface area contributed by atoms with Gasteiger partial charge in [-0.15, -0.1) is 0 Å². The summed E-state index contributed by atoms with van der Waals surface area (Å²) in [6, 6.07) is 7.79. The molecule has 0 spiro atoms. The second-order valence-electron chi connectivity index (χ2n) is 5.58. The average molecular weight is 353 g/mol. The van der Waals surface area contributed by atoms with E-state index in [0.29, 0.717) is 29.0 Å². The second kappa shape index (κ2) is 6.57. The molecule has 0 aliphatic heterocycles. The quantitative estimate of drug-likeness (QED) is 0.886. The highest BCUT2D eigenvalue weighted by atomic mass is 35.5. The van der Waals surface area contributed by atoms with E-state index in [1.165, 1.54) is 6.07 Å². The smallest absolute Gasteiger partial charge is 0.241 e. The van der Waals surface area contributed by atoms with Crippen LogP contribution in [-0.2, 0) is 10.0 Å². The van der Waals surface area contributed by atoms with Crippen molar-refractivity contribution in [2.75, 3.05) is 0 Å². The van der Waals surface area contributed by atoms with Crippen LogP contribution in [0.1, 0.15) is 19.3 Å². The zero-order valence-corrected chi connectivity index (χ0v) is 13.9. The summed E-state index contributed by atoms with van der Waals surface area (Å²) in [6.07, 6.45) is 4.58. The highest BCUT2D eigenvalue weighted by molar-refractivity contribution is 7.89. The zero-order chi connectivity index (χ0) is 16.4. The van der Waals surface area contributed by atoms with Gasteiger partial charge in [-0.1, -0.05) is 23.7 Å². The van der Waals surface area contributed by atoms with Crippen molar-refractivity contribution >= 4 is 21.6 Å². The molecular weight excluding hydrogens is 336 g/mol. The van der Waals surface area contributed by atoms with Crippen LogP contribution in [0.2, 0.25) is 5.02 Å². The number of aliphatic hydroxyl groups is 1. The first kappa shape index (κ1) is 16.4. The van der Waals surface area contributed by atoms with Gasteiger partial charge < -0.3 is 5.11 Å². The SMILES string of the molecule is O=S(=O)(N[C@H]1CCC[C@H]1O)c1cccc(Cl)c1-c1cccnc1. The fraction of sp³-hybridized carbons (Fsp3) is 0.312. The van der Waals surface area contributed by atoms with Gasteiger partial charge in [-0.2, -0.15) is 0 Å². The molecule has 0 saturated heterocycles. The van der Waals surface area contributed by atoms with Gasteiger partial charge in [-0.25, -0.2) is 13.1 Å². The minimum absolute atomic E-state index is 0.0945. The monoisotopic (exact) mass is 352 g/mol. The Kier molecular flexibility index (Phi) is 4.68. The number of sulfonamides is 1. The topological polar surface area (TPSA) is 79.3 Å². The molecule has 1 heterocycles. The van der Waals surface area contributed by atoms with Crippen LogP contribution >= 0.6 is 11.6 Å². The lowest BCUT2D eigenvalue weighted by atomic mass is 10.1. The molecule has 0 amide bonds. The Labute approximate surface area is 140 Å². The molecule has 2 aromatic rings. The highest BCUT2D eigenvalue weighted by Crippen LogP contribution is 2.34. The van der Waals surface area contributed by atoms with E-state index in [-0.39, 0.29) is 4.90 Å². The fourth-order valence-corrected chi connectivity index (χ4v) is 4.75. The minimum Gasteiger partial charge on any atom is -0.391 e. The van der Waals surface area contributed by atoms with E-state index in [1.54, 1.807) is 36.7 Å². The Balaban J connectivity index is 2.04. The maximum absolute atomic E-state index is 12.8. The summed E-state index contributed by atoms with van der Waals surface area (Å²) in [7, 11) is -3.80. The number of halogens is 1. The van der Waals surface area contributed by atoms with Gasteiger partial charge in [0.15, 0.2) is 0 Å². The largest absolute Gasteiger partial charge is 0.391 e. The summed E-state index contributed by atoms with van der Waals surface area (Å²) in [5.41, 5.74) is 1.05. The molecule has 2 N–H and O–H groups in total. The van der Waals surface area contributed by atoms with Gasteiger partial charge in [-0.05, 0) is 37.5 Å². The number of rotatable bonds is 4. The lowest BCUT2D eigenvalue weighted by Crippen LogP contribution is -2.39. The first-order valence-corrected chi connectivity index (χ1v) is 9.24. The Bertz CT molecular complexity index is 796. The van der Waals surface area contributed by atoms with Crippen molar-refractivity contribution in [2.45, 2.75) is 36.3 Å². The predicted molar refractivity (Wildman–Crippen MR) is 88.7 cm³/mol. The Morgan fingerprint density at radius 1 is 1.22 bits per heavy atom. The Hall–Kier alpha value is -1.47. The predicted octanol–water partition coefficient (Wildman–Crippen LogP) is 2.59. The first-order valence-electron chi connectivity index (χ1n) is 7.38. The first-order chi connectivity index (χ1) is 11.0. The van der Waals surface area contributed by atoms with Gasteiger partial charge in [0.05, 0.1) is 11.0 Å². The van der Waals surface area contributed by atoms with Gasteiger partial charge in [0, 0.05) is 34.6 Å². The normalized spacial score (nSPS) is 21.5. The maximum Gasteiger partial charge on any atom is 0.241 e. The average Bonchev–Trinajstić information content (AvgIpc) is 2.92. The van der Waals surface area contributed by atoms with E-state index in [0.717, 1.165) is 6.42 Å². The van der Waals surface area contributed by atoms with Gasteiger partial charge in [0.1, 0.15) is 0 Å². The highest BCUT2D eigenvalue weighted by Gasteiger charge is 2.31. The van der Waals surface area contributed by atoms with Crippen molar-refractivity contribution in [2.24, 2.45) is 0 Å². The molecule has 0 bridgehead atoms. The van der Waals surface area contributed by atoms with E-state index in [9.17, 15) is 13.5 Å². The van der Waals surface area contributed by atoms with Gasteiger partial charge in [0.25, 0.3) is 0 Å². The molecule has 0 unspecified atom stereocenters. The number of nitrogens with one attached hydrogen (secondary N) is 1. The van der Waals surface area contributed by atoms with Crippen LogP contribution in [0.4, 0.5) is 0 Å². The van der Waals surface area contributed by atoms with Crippen LogP contribution in [0.3, 0.4) is 0 Å². The van der Waals surface area contributed by atoms with Crippen molar-refractivity contribution in [3.05, 3.63) is 47.7 Å². The summed E-state index contributed by atoms with van der Waals surface area (Å²) >= 11 is 6.25. The summed E-state index contributed by atoms with van der Waals surface area (Å²) in [5.74, 6) is 0. The Morgan fingerprint density at radius 2 is 2.04 bits per heavy atom. The summed E-state index contributed by atoms with van der Waals surface area (Å²) in [4.78, 5) is 4.12.